The predicted octanol–water partition coefficient (Wildman–Crippen LogP) is 2.38. The molecular formula is C13H20N2O4S. The summed E-state index contributed by atoms with van der Waals surface area (Å²) in [5.74, 6) is -0.599. The van der Waals surface area contributed by atoms with Gasteiger partial charge >= 0.3 is 11.9 Å². The molecule has 1 aromatic heterocycles. The van der Waals surface area contributed by atoms with E-state index in [2.05, 4.69) is 10.3 Å². The van der Waals surface area contributed by atoms with Crippen molar-refractivity contribution in [2.24, 2.45) is 0 Å². The van der Waals surface area contributed by atoms with Crippen LogP contribution in [-0.4, -0.2) is 36.7 Å². The molecule has 0 atom stereocenters. The third kappa shape index (κ3) is 5.16. The van der Waals surface area contributed by atoms with Crippen LogP contribution in [0.15, 0.2) is 0 Å². The number of hydrogen-bond acceptors (Lipinski definition) is 7. The maximum atomic E-state index is 11.6. The van der Waals surface area contributed by atoms with Crippen molar-refractivity contribution in [3.8, 4) is 0 Å². The second-order valence-corrected chi connectivity index (χ2v) is 5.18. The molecule has 0 radical (unpaired) electrons. The Hall–Kier alpha value is -1.63. The highest BCUT2D eigenvalue weighted by atomic mass is 32.1. The van der Waals surface area contributed by atoms with E-state index >= 15 is 0 Å². The van der Waals surface area contributed by atoms with E-state index in [1.807, 2.05) is 6.92 Å². The minimum absolute atomic E-state index is 0.197. The Morgan fingerprint density at radius 3 is 2.60 bits per heavy atom. The number of nitrogens with one attached hydrogen (secondary N) is 1. The maximum absolute atomic E-state index is 11.6. The van der Waals surface area contributed by atoms with Gasteiger partial charge in [-0.1, -0.05) is 0 Å². The number of aryl methyl sites for hydroxylation is 1. The summed E-state index contributed by atoms with van der Waals surface area (Å²) < 4.78 is 9.76. The van der Waals surface area contributed by atoms with E-state index in [1.165, 1.54) is 11.3 Å². The van der Waals surface area contributed by atoms with Crippen LogP contribution in [0.5, 0.6) is 0 Å². The summed E-state index contributed by atoms with van der Waals surface area (Å²) in [5, 5.41) is 3.75. The summed E-state index contributed by atoms with van der Waals surface area (Å²) in [4.78, 5) is 27.8. The van der Waals surface area contributed by atoms with Gasteiger partial charge in [-0.3, -0.25) is 4.79 Å². The highest BCUT2D eigenvalue weighted by Crippen LogP contribution is 2.22. The molecule has 1 heterocycles. The molecule has 0 fully saturated rings. The van der Waals surface area contributed by atoms with Gasteiger partial charge in [0.05, 0.1) is 13.2 Å². The molecular weight excluding hydrogens is 280 g/mol. The molecule has 1 rings (SSSR count). The number of carbonyl (C=O) groups is 2. The fraction of sp³-hybridized carbons (Fsp3) is 0.615. The first-order valence-corrected chi connectivity index (χ1v) is 7.44. The van der Waals surface area contributed by atoms with Crippen LogP contribution in [0.4, 0.5) is 5.13 Å². The maximum Gasteiger partial charge on any atom is 0.358 e. The zero-order valence-electron chi connectivity index (χ0n) is 12.0. The number of esters is 2. The smallest absolute Gasteiger partial charge is 0.358 e. The molecule has 0 amide bonds. The van der Waals surface area contributed by atoms with Gasteiger partial charge in [0.2, 0.25) is 0 Å². The first kappa shape index (κ1) is 16.4. The molecule has 0 saturated carbocycles. The zero-order valence-corrected chi connectivity index (χ0v) is 12.8. The van der Waals surface area contributed by atoms with Crippen LogP contribution in [0.2, 0.25) is 0 Å². The highest BCUT2D eigenvalue weighted by molar-refractivity contribution is 7.15. The van der Waals surface area contributed by atoms with Gasteiger partial charge in [-0.2, -0.15) is 0 Å². The number of thiazole rings is 1. The van der Waals surface area contributed by atoms with Crippen molar-refractivity contribution in [2.45, 2.75) is 33.6 Å². The third-order valence-electron chi connectivity index (χ3n) is 2.40. The Morgan fingerprint density at radius 1 is 1.25 bits per heavy atom. The molecule has 0 aliphatic heterocycles. The van der Waals surface area contributed by atoms with Gasteiger partial charge in [-0.25, -0.2) is 9.78 Å². The Morgan fingerprint density at radius 2 is 1.95 bits per heavy atom. The topological polar surface area (TPSA) is 77.5 Å². The van der Waals surface area contributed by atoms with E-state index in [4.69, 9.17) is 9.47 Å². The van der Waals surface area contributed by atoms with E-state index in [9.17, 15) is 9.59 Å². The minimum atomic E-state index is -0.402. The molecule has 0 spiro atoms. The van der Waals surface area contributed by atoms with Gasteiger partial charge in [0.25, 0.3) is 0 Å². The molecule has 112 valence electrons. The number of rotatable bonds is 8. The molecule has 0 saturated heterocycles. The van der Waals surface area contributed by atoms with E-state index in [-0.39, 0.29) is 5.97 Å². The predicted molar refractivity (Wildman–Crippen MR) is 77.2 cm³/mol. The van der Waals surface area contributed by atoms with Crippen molar-refractivity contribution in [3.63, 3.8) is 0 Å². The summed E-state index contributed by atoms with van der Waals surface area (Å²) in [6, 6.07) is 0. The molecule has 0 unspecified atom stereocenters. The lowest BCUT2D eigenvalue weighted by molar-refractivity contribution is -0.143. The van der Waals surface area contributed by atoms with Crippen molar-refractivity contribution < 1.29 is 19.1 Å². The van der Waals surface area contributed by atoms with Gasteiger partial charge in [0.15, 0.2) is 10.8 Å². The highest BCUT2D eigenvalue weighted by Gasteiger charge is 2.16. The average Bonchev–Trinajstić information content (AvgIpc) is 2.77. The molecule has 6 nitrogen and oxygen atoms in total. The molecule has 1 aromatic rings. The van der Waals surface area contributed by atoms with Gasteiger partial charge in [0.1, 0.15) is 0 Å². The van der Waals surface area contributed by atoms with E-state index in [0.717, 1.165) is 4.88 Å². The third-order valence-corrected chi connectivity index (χ3v) is 3.33. The standard InChI is InChI=1S/C13H20N2O4S/c1-4-18-10(16)7-6-8-14-13-15-11(9(3)20-13)12(17)19-5-2/h4-8H2,1-3H3,(H,14,15). The number of nitrogens with zero attached hydrogens (tertiary/aromatic N) is 1. The summed E-state index contributed by atoms with van der Waals surface area (Å²) in [6.07, 6.45) is 1.03. The Kier molecular flexibility index (Phi) is 7.00. The first-order chi connectivity index (χ1) is 9.58. The molecule has 0 aliphatic carbocycles. The number of aromatic nitrogens is 1. The largest absolute Gasteiger partial charge is 0.466 e. The molecule has 0 aromatic carbocycles. The molecule has 0 aliphatic rings. The zero-order chi connectivity index (χ0) is 15.0. The quantitative estimate of drug-likeness (QED) is 0.586. The Bertz CT molecular complexity index is 459. The first-order valence-electron chi connectivity index (χ1n) is 6.62. The molecule has 7 heteroatoms. The van der Waals surface area contributed by atoms with Gasteiger partial charge in [-0.05, 0) is 27.2 Å². The van der Waals surface area contributed by atoms with Crippen molar-refractivity contribution in [2.75, 3.05) is 25.1 Å². The van der Waals surface area contributed by atoms with Crippen molar-refractivity contribution in [1.29, 1.82) is 0 Å². The number of hydrogen-bond donors (Lipinski definition) is 1. The molecule has 0 bridgehead atoms. The van der Waals surface area contributed by atoms with Gasteiger partial charge in [-0.15, -0.1) is 11.3 Å². The van der Waals surface area contributed by atoms with E-state index in [1.54, 1.807) is 13.8 Å². The second-order valence-electron chi connectivity index (χ2n) is 3.98. The number of anilines is 1. The SMILES string of the molecule is CCOC(=O)CCCNc1nc(C(=O)OCC)c(C)s1. The van der Waals surface area contributed by atoms with E-state index < -0.39 is 5.97 Å². The van der Waals surface area contributed by atoms with Crippen LogP contribution in [0.25, 0.3) is 0 Å². The summed E-state index contributed by atoms with van der Waals surface area (Å²) in [5.41, 5.74) is 0.352. The normalized spacial score (nSPS) is 10.2. The Labute approximate surface area is 122 Å². The average molecular weight is 300 g/mol. The summed E-state index contributed by atoms with van der Waals surface area (Å²) >= 11 is 1.40. The summed E-state index contributed by atoms with van der Waals surface area (Å²) in [7, 11) is 0. The van der Waals surface area contributed by atoms with Crippen molar-refractivity contribution in [1.82, 2.24) is 4.98 Å². The summed E-state index contributed by atoms with van der Waals surface area (Å²) in [6.45, 7) is 6.71. The Balaban J connectivity index is 2.40. The van der Waals surface area contributed by atoms with Crippen LogP contribution >= 0.6 is 11.3 Å². The van der Waals surface area contributed by atoms with Crippen LogP contribution in [0, 0.1) is 6.92 Å². The van der Waals surface area contributed by atoms with Gasteiger partial charge in [0, 0.05) is 17.8 Å². The van der Waals surface area contributed by atoms with E-state index in [0.29, 0.717) is 43.4 Å². The second kappa shape index (κ2) is 8.52. The number of ether oxygens (including phenoxy) is 2. The van der Waals surface area contributed by atoms with Crippen LogP contribution in [0.1, 0.15) is 42.1 Å². The lowest BCUT2D eigenvalue weighted by Gasteiger charge is -2.02. The van der Waals surface area contributed by atoms with Crippen LogP contribution < -0.4 is 5.32 Å². The molecule has 20 heavy (non-hydrogen) atoms. The minimum Gasteiger partial charge on any atom is -0.466 e. The number of carbonyl (C=O) groups excluding carboxylic acids is 2. The van der Waals surface area contributed by atoms with Crippen LogP contribution in [-0.2, 0) is 14.3 Å². The van der Waals surface area contributed by atoms with Crippen molar-refractivity contribution in [3.05, 3.63) is 10.6 Å². The molecule has 1 N–H and O–H groups in total. The fourth-order valence-electron chi connectivity index (χ4n) is 1.52. The fourth-order valence-corrected chi connectivity index (χ4v) is 2.35. The van der Waals surface area contributed by atoms with Gasteiger partial charge < -0.3 is 14.8 Å². The lowest BCUT2D eigenvalue weighted by Crippen LogP contribution is -2.09. The lowest BCUT2D eigenvalue weighted by atomic mass is 10.3. The van der Waals surface area contributed by atoms with Crippen LogP contribution in [0.3, 0.4) is 0 Å². The monoisotopic (exact) mass is 300 g/mol. The van der Waals surface area contributed by atoms with Crippen molar-refractivity contribution >= 4 is 28.4 Å².